The maximum Gasteiger partial charge on any atom is 0.279 e. The summed E-state index contributed by atoms with van der Waals surface area (Å²) in [5, 5.41) is 20.7. The fourth-order valence-electron chi connectivity index (χ4n) is 2.86. The molecule has 2 fully saturated rings. The first kappa shape index (κ1) is 10.5. The van der Waals surface area contributed by atoms with Gasteiger partial charge in [0.05, 0.1) is 12.0 Å². The molecule has 2 rings (SSSR count). The number of nitrogens with zero attached hydrogens (tertiary/aromatic N) is 1. The molecule has 15 heavy (non-hydrogen) atoms. The first-order valence-corrected chi connectivity index (χ1v) is 5.45. The average molecular weight is 213 g/mol. The van der Waals surface area contributed by atoms with Gasteiger partial charge < -0.3 is 5.11 Å². The van der Waals surface area contributed by atoms with Gasteiger partial charge in [0, 0.05) is 17.8 Å². The van der Waals surface area contributed by atoms with Gasteiger partial charge in [-0.1, -0.05) is 6.42 Å². The summed E-state index contributed by atoms with van der Waals surface area (Å²) < 4.78 is 0. The first-order valence-electron chi connectivity index (χ1n) is 5.45. The fraction of sp³-hybridized carbons (Fsp3) is 0.900. The molecule has 84 valence electrons. The van der Waals surface area contributed by atoms with Crippen LogP contribution < -0.4 is 0 Å². The average Bonchev–Trinajstić information content (AvgIpc) is 2.28. The summed E-state index contributed by atoms with van der Waals surface area (Å²) in [4.78, 5) is 22.6. The van der Waals surface area contributed by atoms with Crippen LogP contribution in [-0.4, -0.2) is 27.5 Å². The van der Waals surface area contributed by atoms with Crippen molar-refractivity contribution in [2.45, 2.75) is 50.2 Å². The Morgan fingerprint density at radius 3 is 2.73 bits per heavy atom. The molecule has 0 aromatic carbocycles. The number of hydrogen-bond donors (Lipinski definition) is 1. The van der Waals surface area contributed by atoms with Gasteiger partial charge >= 0.3 is 0 Å². The van der Waals surface area contributed by atoms with Crippen LogP contribution in [0.1, 0.15) is 38.5 Å². The Morgan fingerprint density at radius 2 is 2.07 bits per heavy atom. The van der Waals surface area contributed by atoms with Crippen molar-refractivity contribution < 1.29 is 14.8 Å². The highest BCUT2D eigenvalue weighted by atomic mass is 16.6. The summed E-state index contributed by atoms with van der Waals surface area (Å²) in [7, 11) is 0. The normalized spacial score (nSPS) is 41.0. The molecule has 0 heterocycles. The lowest BCUT2D eigenvalue weighted by molar-refractivity contribution is -0.557. The predicted molar refractivity (Wildman–Crippen MR) is 51.9 cm³/mol. The molecule has 0 aliphatic heterocycles. The Kier molecular flexibility index (Phi) is 2.50. The van der Waals surface area contributed by atoms with Crippen LogP contribution in [0.5, 0.6) is 0 Å². The van der Waals surface area contributed by atoms with Crippen molar-refractivity contribution >= 4 is 5.78 Å². The van der Waals surface area contributed by atoms with E-state index in [1.807, 2.05) is 0 Å². The number of Topliss-reactive ketones (excluding diaryl/α,β-unsaturated/α-hetero) is 1. The molecule has 0 aromatic rings. The maximum absolute atomic E-state index is 12.0. The van der Waals surface area contributed by atoms with Crippen molar-refractivity contribution in [3.8, 4) is 0 Å². The summed E-state index contributed by atoms with van der Waals surface area (Å²) in [5.41, 5.74) is -1.37. The van der Waals surface area contributed by atoms with Crippen LogP contribution in [0.15, 0.2) is 0 Å². The number of carbonyl (C=O) groups excluding carboxylic acids is 1. The van der Waals surface area contributed by atoms with Gasteiger partial charge in [0.2, 0.25) is 5.78 Å². The molecule has 2 bridgehead atoms. The predicted octanol–water partition coefficient (Wildman–Crippen LogP) is 0.916. The van der Waals surface area contributed by atoms with Crippen LogP contribution in [0, 0.1) is 16.0 Å². The van der Waals surface area contributed by atoms with Crippen LogP contribution in [0.3, 0.4) is 0 Å². The highest BCUT2D eigenvalue weighted by Gasteiger charge is 2.57. The number of nitro groups is 1. The van der Waals surface area contributed by atoms with Crippen molar-refractivity contribution in [2.75, 3.05) is 0 Å². The lowest BCUT2D eigenvalue weighted by Crippen LogP contribution is -2.54. The van der Waals surface area contributed by atoms with Crippen molar-refractivity contribution in [3.63, 3.8) is 0 Å². The first-order chi connectivity index (χ1) is 7.08. The van der Waals surface area contributed by atoms with Crippen molar-refractivity contribution in [2.24, 2.45) is 5.92 Å². The van der Waals surface area contributed by atoms with Crippen LogP contribution in [0.2, 0.25) is 0 Å². The summed E-state index contributed by atoms with van der Waals surface area (Å²) in [6.45, 7) is 0. The molecular weight excluding hydrogens is 198 g/mol. The lowest BCUT2D eigenvalue weighted by Gasteiger charge is -2.33. The van der Waals surface area contributed by atoms with E-state index in [1.54, 1.807) is 0 Å². The third-order valence-electron chi connectivity index (χ3n) is 3.82. The second-order valence-corrected chi connectivity index (χ2v) is 4.61. The molecule has 5 heteroatoms. The van der Waals surface area contributed by atoms with E-state index < -0.39 is 22.5 Å². The second-order valence-electron chi connectivity index (χ2n) is 4.61. The van der Waals surface area contributed by atoms with E-state index in [-0.39, 0.29) is 12.2 Å². The van der Waals surface area contributed by atoms with Crippen LogP contribution >= 0.6 is 0 Å². The molecule has 2 aliphatic rings. The zero-order valence-corrected chi connectivity index (χ0v) is 8.52. The summed E-state index contributed by atoms with van der Waals surface area (Å²) in [6, 6.07) is 0. The van der Waals surface area contributed by atoms with Gasteiger partial charge in [-0.25, -0.2) is 0 Å². The van der Waals surface area contributed by atoms with Gasteiger partial charge in [-0.2, -0.15) is 0 Å². The molecule has 0 spiro atoms. The molecule has 0 unspecified atom stereocenters. The van der Waals surface area contributed by atoms with E-state index >= 15 is 0 Å². The number of hydrogen-bond acceptors (Lipinski definition) is 4. The number of aliphatic hydroxyl groups excluding tert-OH is 1. The van der Waals surface area contributed by atoms with Gasteiger partial charge in [0.15, 0.2) is 0 Å². The Hall–Kier alpha value is -0.970. The number of carbonyl (C=O) groups is 1. The molecule has 1 N–H and O–H groups in total. The molecule has 0 saturated heterocycles. The minimum Gasteiger partial charge on any atom is -0.392 e. The van der Waals surface area contributed by atoms with Gasteiger partial charge in [0.25, 0.3) is 5.54 Å². The van der Waals surface area contributed by atoms with Gasteiger partial charge in [0.1, 0.15) is 0 Å². The zero-order chi connectivity index (χ0) is 11.1. The summed E-state index contributed by atoms with van der Waals surface area (Å²) in [5.74, 6) is -0.824. The molecule has 0 aromatic heterocycles. The zero-order valence-electron chi connectivity index (χ0n) is 8.52. The quantitative estimate of drug-likeness (QED) is 0.518. The van der Waals surface area contributed by atoms with Crippen molar-refractivity contribution in [1.82, 2.24) is 0 Å². The third kappa shape index (κ3) is 1.45. The SMILES string of the molecule is O=C1[C@@H]2CCCC[C@]1([N+](=O)[O-])CC[C@@H]2O. The van der Waals surface area contributed by atoms with Crippen LogP contribution in [0.25, 0.3) is 0 Å². The Balaban J connectivity index is 2.37. The number of aliphatic hydroxyl groups is 1. The molecule has 3 atom stereocenters. The fourth-order valence-corrected chi connectivity index (χ4v) is 2.86. The highest BCUT2D eigenvalue weighted by molar-refractivity contribution is 5.90. The minimum atomic E-state index is -1.37. The molecule has 2 aliphatic carbocycles. The van der Waals surface area contributed by atoms with E-state index in [1.165, 1.54) is 0 Å². The van der Waals surface area contributed by atoms with E-state index in [0.29, 0.717) is 19.3 Å². The topological polar surface area (TPSA) is 80.4 Å². The third-order valence-corrected chi connectivity index (χ3v) is 3.82. The standard InChI is InChI=1S/C10H15NO4/c12-8-4-6-10(11(14)15)5-2-1-3-7(8)9(10)13/h7-8,12H,1-6H2/t7-,8+,10+/m1/s1. The summed E-state index contributed by atoms with van der Waals surface area (Å²) >= 11 is 0. The number of rotatable bonds is 1. The Bertz CT molecular complexity index is 304. The van der Waals surface area contributed by atoms with E-state index in [9.17, 15) is 20.0 Å². The highest BCUT2D eigenvalue weighted by Crippen LogP contribution is 2.40. The number of fused-ring (bicyclic) bond motifs is 2. The van der Waals surface area contributed by atoms with E-state index in [0.717, 1.165) is 12.8 Å². The largest absolute Gasteiger partial charge is 0.392 e. The molecule has 0 amide bonds. The number of ketones is 1. The van der Waals surface area contributed by atoms with E-state index in [2.05, 4.69) is 0 Å². The maximum atomic E-state index is 12.0. The van der Waals surface area contributed by atoms with Crippen LogP contribution in [0.4, 0.5) is 0 Å². The monoisotopic (exact) mass is 213 g/mol. The van der Waals surface area contributed by atoms with Crippen molar-refractivity contribution in [1.29, 1.82) is 0 Å². The van der Waals surface area contributed by atoms with Gasteiger partial charge in [-0.3, -0.25) is 14.9 Å². The van der Waals surface area contributed by atoms with Crippen molar-refractivity contribution in [3.05, 3.63) is 10.1 Å². The minimum absolute atomic E-state index is 0.205. The van der Waals surface area contributed by atoms with Gasteiger partial charge in [-0.05, 0) is 19.3 Å². The molecule has 2 saturated carbocycles. The Morgan fingerprint density at radius 1 is 1.33 bits per heavy atom. The molecular formula is C10H15NO4. The molecule has 0 radical (unpaired) electrons. The Labute approximate surface area is 87.6 Å². The smallest absolute Gasteiger partial charge is 0.279 e. The van der Waals surface area contributed by atoms with E-state index in [4.69, 9.17) is 0 Å². The van der Waals surface area contributed by atoms with Crippen LogP contribution in [-0.2, 0) is 4.79 Å². The van der Waals surface area contributed by atoms with Gasteiger partial charge in [-0.15, -0.1) is 0 Å². The molecule has 5 nitrogen and oxygen atoms in total. The lowest BCUT2D eigenvalue weighted by atomic mass is 9.72. The second kappa shape index (κ2) is 3.56. The summed E-state index contributed by atoms with van der Waals surface area (Å²) in [6.07, 6.45) is 2.41.